The monoisotopic (exact) mass is 235 g/mol. The van der Waals surface area contributed by atoms with E-state index in [1.807, 2.05) is 0 Å². The fourth-order valence-corrected chi connectivity index (χ4v) is 1.80. The number of unbranched alkanes of at least 4 members (excludes halogenated alkanes) is 8. The van der Waals surface area contributed by atoms with E-state index in [2.05, 4.69) is 38.2 Å². The van der Waals surface area contributed by atoms with Crippen molar-refractivity contribution < 1.29 is 0 Å². The van der Waals surface area contributed by atoms with Gasteiger partial charge in [0.1, 0.15) is 0 Å². The predicted molar refractivity (Wildman–Crippen MR) is 80.1 cm³/mol. The van der Waals surface area contributed by atoms with Crippen molar-refractivity contribution in [1.29, 1.82) is 0 Å². The van der Waals surface area contributed by atoms with Gasteiger partial charge in [0.05, 0.1) is 0 Å². The first-order chi connectivity index (χ1) is 8.41. The van der Waals surface area contributed by atoms with Crippen molar-refractivity contribution in [2.24, 2.45) is 0 Å². The van der Waals surface area contributed by atoms with Crippen molar-refractivity contribution in [3.63, 3.8) is 0 Å². The van der Waals surface area contributed by atoms with Crippen LogP contribution in [0.4, 0.5) is 0 Å². The average Bonchev–Trinajstić information content (AvgIpc) is 2.35. The Morgan fingerprint density at radius 2 is 1.12 bits per heavy atom. The molecule has 0 atom stereocenters. The Morgan fingerprint density at radius 3 is 1.59 bits per heavy atom. The van der Waals surface area contributed by atoms with Gasteiger partial charge in [-0.05, 0) is 51.4 Å². The van der Waals surface area contributed by atoms with Crippen LogP contribution in [0.3, 0.4) is 0 Å². The summed E-state index contributed by atoms with van der Waals surface area (Å²) in [5, 5.41) is 0. The molecule has 0 saturated heterocycles. The molecule has 0 spiro atoms. The van der Waals surface area contributed by atoms with Crippen molar-refractivity contribution in [3.05, 3.63) is 31.2 Å². The molecule has 0 aromatic rings. The third kappa shape index (κ3) is 15.5. The minimum atomic E-state index is 1.03. The van der Waals surface area contributed by atoms with Gasteiger partial charge in [0, 0.05) is 0 Å². The van der Waals surface area contributed by atoms with Crippen LogP contribution in [-0.2, 0) is 0 Å². The lowest BCUT2D eigenvalue weighted by molar-refractivity contribution is 0.673. The van der Waals surface area contributed by atoms with Gasteiger partial charge in [-0.3, -0.25) is 0 Å². The maximum atomic E-state index is 3.82. The van der Waals surface area contributed by atoms with E-state index in [-0.39, 0.29) is 0 Å². The Morgan fingerprint density at radius 1 is 0.647 bits per heavy atom. The molecule has 0 N–H and O–H groups in total. The van der Waals surface area contributed by atoms with Crippen molar-refractivity contribution >= 4 is 0 Å². The van der Waals surface area contributed by atoms with Gasteiger partial charge < -0.3 is 0 Å². The first-order valence-corrected chi connectivity index (χ1v) is 7.51. The SMILES string of the molecule is [CH2]CCC=CCCCCC=CCCCCCC. The van der Waals surface area contributed by atoms with Gasteiger partial charge in [0.25, 0.3) is 0 Å². The summed E-state index contributed by atoms with van der Waals surface area (Å²) in [4.78, 5) is 0. The summed E-state index contributed by atoms with van der Waals surface area (Å²) < 4.78 is 0. The highest BCUT2D eigenvalue weighted by molar-refractivity contribution is 4.84. The highest BCUT2D eigenvalue weighted by Gasteiger charge is 1.86. The summed E-state index contributed by atoms with van der Waals surface area (Å²) >= 11 is 0. The van der Waals surface area contributed by atoms with E-state index in [0.29, 0.717) is 0 Å². The molecule has 0 unspecified atom stereocenters. The van der Waals surface area contributed by atoms with Crippen LogP contribution in [0.1, 0.15) is 77.6 Å². The van der Waals surface area contributed by atoms with E-state index in [4.69, 9.17) is 0 Å². The summed E-state index contributed by atoms with van der Waals surface area (Å²) in [5.41, 5.74) is 0. The number of allylic oxidation sites excluding steroid dienone is 4. The van der Waals surface area contributed by atoms with Gasteiger partial charge in [-0.25, -0.2) is 0 Å². The maximum absolute atomic E-state index is 3.82. The molecule has 0 rings (SSSR count). The zero-order valence-corrected chi connectivity index (χ0v) is 11.8. The number of hydrogen-bond donors (Lipinski definition) is 0. The van der Waals surface area contributed by atoms with Gasteiger partial charge in [-0.15, -0.1) is 0 Å². The molecule has 1 radical (unpaired) electrons. The van der Waals surface area contributed by atoms with Crippen LogP contribution in [0.15, 0.2) is 24.3 Å². The second-order valence-corrected chi connectivity index (χ2v) is 4.72. The number of hydrogen-bond acceptors (Lipinski definition) is 0. The summed E-state index contributed by atoms with van der Waals surface area (Å²) in [7, 11) is 0. The van der Waals surface area contributed by atoms with Crippen molar-refractivity contribution in [2.45, 2.75) is 77.6 Å². The molecule has 0 heteroatoms. The van der Waals surface area contributed by atoms with Crippen LogP contribution in [0.5, 0.6) is 0 Å². The molecule has 0 nitrogen and oxygen atoms in total. The molecule has 0 aliphatic carbocycles. The molecule has 0 aromatic carbocycles. The van der Waals surface area contributed by atoms with Gasteiger partial charge >= 0.3 is 0 Å². The molecule has 0 bridgehead atoms. The summed E-state index contributed by atoms with van der Waals surface area (Å²) in [6.45, 7) is 6.08. The molecule has 0 fully saturated rings. The molecule has 0 aliphatic rings. The minimum absolute atomic E-state index is 1.03. The fourth-order valence-electron chi connectivity index (χ4n) is 1.80. The van der Waals surface area contributed by atoms with E-state index in [1.165, 1.54) is 57.8 Å². The van der Waals surface area contributed by atoms with Crippen LogP contribution in [0.25, 0.3) is 0 Å². The van der Waals surface area contributed by atoms with Crippen molar-refractivity contribution in [3.8, 4) is 0 Å². The Balaban J connectivity index is 3.08. The Kier molecular flexibility index (Phi) is 15.0. The molecule has 0 saturated carbocycles. The maximum Gasteiger partial charge on any atom is -0.0351 e. The van der Waals surface area contributed by atoms with E-state index < -0.39 is 0 Å². The molecular weight excluding hydrogens is 204 g/mol. The van der Waals surface area contributed by atoms with E-state index in [1.54, 1.807) is 0 Å². The van der Waals surface area contributed by atoms with E-state index in [9.17, 15) is 0 Å². The van der Waals surface area contributed by atoms with Crippen molar-refractivity contribution in [1.82, 2.24) is 0 Å². The van der Waals surface area contributed by atoms with Gasteiger partial charge in [-0.2, -0.15) is 0 Å². The largest absolute Gasteiger partial charge is 0.0885 e. The highest BCUT2D eigenvalue weighted by Crippen LogP contribution is 2.06. The molecule has 0 amide bonds. The number of rotatable bonds is 12. The zero-order chi connectivity index (χ0) is 12.6. The lowest BCUT2D eigenvalue weighted by atomic mass is 10.1. The third-order valence-corrected chi connectivity index (χ3v) is 2.92. The fraction of sp³-hybridized carbons (Fsp3) is 0.706. The van der Waals surface area contributed by atoms with E-state index >= 15 is 0 Å². The normalized spacial score (nSPS) is 11.9. The van der Waals surface area contributed by atoms with Crippen LogP contribution < -0.4 is 0 Å². The van der Waals surface area contributed by atoms with E-state index in [0.717, 1.165) is 12.8 Å². The summed E-state index contributed by atoms with van der Waals surface area (Å²) in [6.07, 6.45) is 23.4. The quantitative estimate of drug-likeness (QED) is 0.277. The highest BCUT2D eigenvalue weighted by atomic mass is 13.9. The molecule has 17 heavy (non-hydrogen) atoms. The topological polar surface area (TPSA) is 0 Å². The minimum Gasteiger partial charge on any atom is -0.0885 e. The van der Waals surface area contributed by atoms with Crippen LogP contribution in [-0.4, -0.2) is 0 Å². The first-order valence-electron chi connectivity index (χ1n) is 7.51. The van der Waals surface area contributed by atoms with Crippen LogP contribution >= 0.6 is 0 Å². The molecule has 0 aliphatic heterocycles. The van der Waals surface area contributed by atoms with Crippen molar-refractivity contribution in [2.75, 3.05) is 0 Å². The molecule has 99 valence electrons. The Bertz CT molecular complexity index is 176. The molecule has 0 aromatic heterocycles. The Labute approximate surface area is 109 Å². The lowest BCUT2D eigenvalue weighted by Crippen LogP contribution is -1.75. The predicted octanol–water partition coefficient (Wildman–Crippen LogP) is 6.24. The second-order valence-electron chi connectivity index (χ2n) is 4.72. The molecular formula is C17H31. The van der Waals surface area contributed by atoms with Gasteiger partial charge in [-0.1, -0.05) is 57.4 Å². The second kappa shape index (κ2) is 15.5. The summed E-state index contributed by atoms with van der Waals surface area (Å²) in [5.74, 6) is 0. The van der Waals surface area contributed by atoms with Gasteiger partial charge in [0.2, 0.25) is 0 Å². The smallest absolute Gasteiger partial charge is 0.0351 e. The Hall–Kier alpha value is -0.520. The zero-order valence-electron chi connectivity index (χ0n) is 11.8. The van der Waals surface area contributed by atoms with Crippen LogP contribution in [0, 0.1) is 6.92 Å². The van der Waals surface area contributed by atoms with Gasteiger partial charge in [0.15, 0.2) is 0 Å². The van der Waals surface area contributed by atoms with Crippen LogP contribution in [0.2, 0.25) is 0 Å². The molecule has 0 heterocycles. The third-order valence-electron chi connectivity index (χ3n) is 2.92. The first kappa shape index (κ1) is 16.5. The standard InChI is InChI=1S/C17H31/c1-3-5-7-9-11-13-15-17-16-14-12-10-8-6-4-2/h7,9,14,16H,1,3-6,8,10-13,15,17H2,2H3. The average molecular weight is 235 g/mol. The summed E-state index contributed by atoms with van der Waals surface area (Å²) in [6, 6.07) is 0. The lowest BCUT2D eigenvalue weighted by Gasteiger charge is -1.95.